The van der Waals surface area contributed by atoms with Crippen molar-refractivity contribution in [2.45, 2.75) is 35.1 Å². The van der Waals surface area contributed by atoms with Crippen molar-refractivity contribution in [1.29, 1.82) is 0 Å². The van der Waals surface area contributed by atoms with E-state index in [1.165, 1.54) is 17.0 Å². The van der Waals surface area contributed by atoms with Gasteiger partial charge in [-0.25, -0.2) is 0 Å². The molecular formula is C28H23BrCl2N2O5. The van der Waals surface area contributed by atoms with E-state index in [1.807, 2.05) is 36.4 Å². The van der Waals surface area contributed by atoms with Gasteiger partial charge in [0.05, 0.1) is 23.8 Å². The number of benzene rings is 2. The first-order valence-corrected chi connectivity index (χ1v) is 14.2. The van der Waals surface area contributed by atoms with Crippen molar-refractivity contribution in [3.8, 4) is 5.75 Å². The number of imide groups is 2. The third-order valence-electron chi connectivity index (χ3n) is 8.49. The molecule has 2 aliphatic carbocycles. The van der Waals surface area contributed by atoms with E-state index in [1.54, 1.807) is 12.1 Å². The summed E-state index contributed by atoms with van der Waals surface area (Å²) in [5.74, 6) is -4.67. The minimum absolute atomic E-state index is 0.0328. The highest BCUT2D eigenvalue weighted by molar-refractivity contribution is 9.09. The number of allylic oxidation sites excluding steroid dienone is 2. The average Bonchev–Trinajstić information content (AvgIpc) is 3.22. The Kier molecular flexibility index (Phi) is 6.01. The van der Waals surface area contributed by atoms with E-state index < -0.39 is 45.2 Å². The van der Waals surface area contributed by atoms with E-state index in [-0.39, 0.29) is 36.0 Å². The standard InChI is InChI=1S/C28H23BrCl2N2O5/c29-14-33-25(37)27(30)12-20-18(22(28(27,31)26(33)38)16-7-4-8-17(34)11-16)9-10-19-21(20)24(36)32(23(19)35)13-15-5-2-1-3-6-15/h1-9,11,19-22,34H,10,12-14H2/t19-,20+,21-,22-,27+,28-/m0/s1. The lowest BCUT2D eigenvalue weighted by Gasteiger charge is -2.50. The molecule has 1 saturated carbocycles. The molecule has 10 heteroatoms. The fraction of sp³-hybridized carbons (Fsp3) is 0.357. The van der Waals surface area contributed by atoms with Gasteiger partial charge in [-0.3, -0.25) is 29.0 Å². The van der Waals surface area contributed by atoms with Crippen LogP contribution in [0.25, 0.3) is 0 Å². The van der Waals surface area contributed by atoms with Gasteiger partial charge in [0.15, 0.2) is 9.75 Å². The number of nitrogens with zero attached hydrogens (tertiary/aromatic N) is 2. The van der Waals surface area contributed by atoms with Gasteiger partial charge in [0.1, 0.15) is 5.75 Å². The van der Waals surface area contributed by atoms with Crippen molar-refractivity contribution in [3.05, 3.63) is 77.4 Å². The number of alkyl halides is 3. The summed E-state index contributed by atoms with van der Waals surface area (Å²) < 4.78 is 0. The maximum Gasteiger partial charge on any atom is 0.254 e. The van der Waals surface area contributed by atoms with Crippen LogP contribution in [0, 0.1) is 17.8 Å². The fourth-order valence-electron chi connectivity index (χ4n) is 6.82. The number of phenols is 1. The zero-order chi connectivity index (χ0) is 27.0. The van der Waals surface area contributed by atoms with Crippen molar-refractivity contribution in [3.63, 3.8) is 0 Å². The highest BCUT2D eigenvalue weighted by Crippen LogP contribution is 2.65. The molecule has 2 heterocycles. The van der Waals surface area contributed by atoms with E-state index in [2.05, 4.69) is 15.9 Å². The van der Waals surface area contributed by atoms with Gasteiger partial charge in [0.25, 0.3) is 11.8 Å². The molecule has 6 atom stereocenters. The summed E-state index contributed by atoms with van der Waals surface area (Å²) in [5.41, 5.74) is 1.96. The number of halogens is 3. The topological polar surface area (TPSA) is 95.0 Å². The first-order valence-electron chi connectivity index (χ1n) is 12.3. The normalized spacial score (nSPS) is 34.2. The van der Waals surface area contributed by atoms with Crippen LogP contribution in [0.15, 0.2) is 66.2 Å². The van der Waals surface area contributed by atoms with E-state index in [0.717, 1.165) is 10.5 Å². The molecule has 2 aromatic carbocycles. The number of amides is 4. The Bertz CT molecular complexity index is 1420. The number of rotatable bonds is 4. The van der Waals surface area contributed by atoms with Gasteiger partial charge in [-0.2, -0.15) is 0 Å². The number of carbonyl (C=O) groups excluding carboxylic acids is 4. The summed E-state index contributed by atoms with van der Waals surface area (Å²) in [4.78, 5) is 53.1. The lowest BCUT2D eigenvalue weighted by atomic mass is 9.56. The summed E-state index contributed by atoms with van der Waals surface area (Å²) in [6.45, 7) is 0.157. The van der Waals surface area contributed by atoms with E-state index in [0.29, 0.717) is 17.6 Å². The monoisotopic (exact) mass is 616 g/mol. The highest BCUT2D eigenvalue weighted by atomic mass is 79.9. The molecule has 4 amide bonds. The second kappa shape index (κ2) is 8.93. The van der Waals surface area contributed by atoms with Crippen LogP contribution in [0.4, 0.5) is 0 Å². The van der Waals surface area contributed by atoms with Crippen molar-refractivity contribution in [2.24, 2.45) is 17.8 Å². The molecule has 0 unspecified atom stereocenters. The smallest absolute Gasteiger partial charge is 0.254 e. The Morgan fingerprint density at radius 2 is 1.66 bits per heavy atom. The molecule has 4 aliphatic rings. The zero-order valence-corrected chi connectivity index (χ0v) is 23.1. The summed E-state index contributed by atoms with van der Waals surface area (Å²) in [7, 11) is 0. The van der Waals surface area contributed by atoms with Crippen LogP contribution in [0.1, 0.15) is 29.9 Å². The lowest BCUT2D eigenvalue weighted by Crippen LogP contribution is -2.60. The molecule has 0 spiro atoms. The van der Waals surface area contributed by atoms with Gasteiger partial charge >= 0.3 is 0 Å². The van der Waals surface area contributed by atoms with Crippen LogP contribution in [0.5, 0.6) is 5.75 Å². The van der Waals surface area contributed by atoms with Crippen LogP contribution < -0.4 is 0 Å². The molecule has 2 aromatic rings. The molecule has 0 bridgehead atoms. The predicted octanol–water partition coefficient (Wildman–Crippen LogP) is 4.30. The maximum atomic E-state index is 13.8. The summed E-state index contributed by atoms with van der Waals surface area (Å²) in [5, 5.41) is 10.3. The first-order chi connectivity index (χ1) is 18.1. The summed E-state index contributed by atoms with van der Waals surface area (Å²) in [6.07, 6.45) is 2.12. The van der Waals surface area contributed by atoms with Crippen molar-refractivity contribution in [2.75, 3.05) is 5.45 Å². The number of likely N-dealkylation sites (tertiary alicyclic amines) is 2. The second-order valence-corrected chi connectivity index (χ2v) is 12.1. The van der Waals surface area contributed by atoms with Gasteiger partial charge in [-0.05, 0) is 42.0 Å². The third-order valence-corrected chi connectivity index (χ3v) is 10.4. The molecule has 1 N–H and O–H groups in total. The summed E-state index contributed by atoms with van der Waals surface area (Å²) in [6, 6.07) is 15.6. The molecule has 0 aromatic heterocycles. The quantitative estimate of drug-likeness (QED) is 0.239. The number of aromatic hydroxyl groups is 1. The molecule has 38 heavy (non-hydrogen) atoms. The van der Waals surface area contributed by atoms with Crippen molar-refractivity contribution >= 4 is 62.8 Å². The number of fused-ring (bicyclic) bond motifs is 4. The van der Waals surface area contributed by atoms with E-state index in [9.17, 15) is 24.3 Å². The van der Waals surface area contributed by atoms with Crippen molar-refractivity contribution < 1.29 is 24.3 Å². The lowest BCUT2D eigenvalue weighted by molar-refractivity contribution is -0.141. The van der Waals surface area contributed by atoms with Crippen molar-refractivity contribution in [1.82, 2.24) is 9.80 Å². The van der Waals surface area contributed by atoms with E-state index in [4.69, 9.17) is 23.2 Å². The minimum Gasteiger partial charge on any atom is -0.508 e. The molecular weight excluding hydrogens is 595 g/mol. The molecule has 2 saturated heterocycles. The van der Waals surface area contributed by atoms with Crippen LogP contribution in [-0.4, -0.2) is 53.7 Å². The fourth-order valence-corrected chi connectivity index (χ4v) is 8.24. The predicted molar refractivity (Wildman–Crippen MR) is 143 cm³/mol. The van der Waals surface area contributed by atoms with Crippen LogP contribution in [-0.2, 0) is 25.7 Å². The second-order valence-electron chi connectivity index (χ2n) is 10.3. The van der Waals surface area contributed by atoms with E-state index >= 15 is 0 Å². The molecule has 7 nitrogen and oxygen atoms in total. The number of hydrogen-bond acceptors (Lipinski definition) is 5. The minimum atomic E-state index is -1.88. The maximum absolute atomic E-state index is 13.8. The van der Waals surface area contributed by atoms with Gasteiger partial charge in [-0.1, -0.05) is 70.0 Å². The first kappa shape index (κ1) is 25.6. The Morgan fingerprint density at radius 3 is 2.34 bits per heavy atom. The Morgan fingerprint density at radius 1 is 0.921 bits per heavy atom. The SMILES string of the molecule is O=C1[C@H]2[C@H](CC=C3[C@H]2C[C@@]2(Cl)C(=O)N(CBr)C(=O)[C@@]2(Cl)[C@H]3c2cccc(O)c2)C(=O)N1Cc1ccccc1. The molecule has 196 valence electrons. The molecule has 0 radical (unpaired) electrons. The Hall–Kier alpha value is -2.68. The Balaban J connectivity index is 1.48. The third kappa shape index (κ3) is 3.32. The van der Waals surface area contributed by atoms with Gasteiger partial charge in [0.2, 0.25) is 11.8 Å². The highest BCUT2D eigenvalue weighted by Gasteiger charge is 2.76. The summed E-state index contributed by atoms with van der Waals surface area (Å²) >= 11 is 17.5. The van der Waals surface area contributed by atoms with Gasteiger partial charge < -0.3 is 5.11 Å². The largest absolute Gasteiger partial charge is 0.508 e. The van der Waals surface area contributed by atoms with Gasteiger partial charge in [-0.15, -0.1) is 23.2 Å². The van der Waals surface area contributed by atoms with Crippen LogP contribution in [0.3, 0.4) is 0 Å². The van der Waals surface area contributed by atoms with Gasteiger partial charge in [0, 0.05) is 5.92 Å². The Labute approximate surface area is 237 Å². The zero-order valence-electron chi connectivity index (χ0n) is 20.0. The number of carbonyl (C=O) groups is 4. The van der Waals surface area contributed by atoms with Crippen LogP contribution >= 0.6 is 39.1 Å². The number of phenolic OH excluding ortho intramolecular Hbond substituents is 1. The average molecular weight is 618 g/mol. The molecule has 6 rings (SSSR count). The molecule has 2 aliphatic heterocycles. The van der Waals surface area contributed by atoms with Crippen LogP contribution in [0.2, 0.25) is 0 Å². The molecule has 3 fully saturated rings. The number of hydrogen-bond donors (Lipinski definition) is 1.